The zero-order valence-corrected chi connectivity index (χ0v) is 16.5. The van der Waals surface area contributed by atoms with Gasteiger partial charge in [-0.1, -0.05) is 0 Å². The molecule has 1 N–H and O–H groups in total. The fraction of sp³-hybridized carbons (Fsp3) is 0.409. The van der Waals surface area contributed by atoms with Gasteiger partial charge >= 0.3 is 152 Å². The van der Waals surface area contributed by atoms with E-state index in [9.17, 15) is 4.79 Å². The Labute approximate surface area is 152 Å². The van der Waals surface area contributed by atoms with Crippen LogP contribution in [-0.2, 0) is 11.0 Å². The SMILES string of the molecule is Cc1cccc(C)c1NC(=O)C[PH]1(Cc2ccccc2)CCCCC1. The molecule has 134 valence electrons. The Hall–Kier alpha value is -1.66. The molecule has 2 aromatic rings. The number of amides is 1. The third-order valence-corrected chi connectivity index (χ3v) is 10.7. The van der Waals surface area contributed by atoms with Crippen molar-refractivity contribution in [3.05, 3.63) is 65.2 Å². The minimum atomic E-state index is -1.59. The summed E-state index contributed by atoms with van der Waals surface area (Å²) in [7, 11) is -1.59. The zero-order chi connectivity index (χ0) is 17.7. The summed E-state index contributed by atoms with van der Waals surface area (Å²) >= 11 is 0. The quantitative estimate of drug-likeness (QED) is 0.717. The van der Waals surface area contributed by atoms with Crippen molar-refractivity contribution < 1.29 is 4.79 Å². The second-order valence-electron chi connectivity index (χ2n) is 7.71. The summed E-state index contributed by atoms with van der Waals surface area (Å²) in [6.07, 6.45) is 8.43. The third-order valence-electron chi connectivity index (χ3n) is 5.62. The molecule has 0 radical (unpaired) electrons. The fourth-order valence-electron chi connectivity index (χ4n) is 4.28. The molecule has 1 aliphatic rings. The topological polar surface area (TPSA) is 29.1 Å². The number of hydrogen-bond acceptors (Lipinski definition) is 1. The Balaban J connectivity index is 1.75. The van der Waals surface area contributed by atoms with E-state index in [4.69, 9.17) is 0 Å². The van der Waals surface area contributed by atoms with Crippen molar-refractivity contribution in [3.8, 4) is 0 Å². The van der Waals surface area contributed by atoms with Crippen LogP contribution in [0.1, 0.15) is 36.0 Å². The van der Waals surface area contributed by atoms with Crippen molar-refractivity contribution in [2.24, 2.45) is 0 Å². The van der Waals surface area contributed by atoms with Crippen LogP contribution < -0.4 is 5.32 Å². The van der Waals surface area contributed by atoms with E-state index in [0.717, 1.165) is 29.1 Å². The van der Waals surface area contributed by atoms with Gasteiger partial charge in [0.15, 0.2) is 0 Å². The van der Waals surface area contributed by atoms with E-state index in [1.54, 1.807) is 0 Å². The van der Waals surface area contributed by atoms with Gasteiger partial charge in [0.25, 0.3) is 0 Å². The molecule has 2 aromatic carbocycles. The van der Waals surface area contributed by atoms with E-state index in [-0.39, 0.29) is 5.91 Å². The molecule has 25 heavy (non-hydrogen) atoms. The third kappa shape index (κ3) is 4.70. The Morgan fingerprint density at radius 3 is 2.20 bits per heavy atom. The first-order valence-electron chi connectivity index (χ1n) is 9.48. The van der Waals surface area contributed by atoms with E-state index in [1.165, 1.54) is 37.1 Å². The van der Waals surface area contributed by atoms with Crippen molar-refractivity contribution in [3.63, 3.8) is 0 Å². The molecular formula is C22H30NOP. The molecule has 0 bridgehead atoms. The molecule has 1 saturated heterocycles. The summed E-state index contributed by atoms with van der Waals surface area (Å²) in [5.41, 5.74) is 4.72. The molecule has 1 heterocycles. The summed E-state index contributed by atoms with van der Waals surface area (Å²) in [5, 5.41) is 3.23. The van der Waals surface area contributed by atoms with Crippen molar-refractivity contribution in [2.75, 3.05) is 23.8 Å². The van der Waals surface area contributed by atoms with Crippen molar-refractivity contribution in [1.29, 1.82) is 0 Å². The van der Waals surface area contributed by atoms with Crippen LogP contribution in [0.4, 0.5) is 5.69 Å². The number of carbonyl (C=O) groups excluding carboxylic acids is 1. The van der Waals surface area contributed by atoms with Gasteiger partial charge in [-0.2, -0.15) is 0 Å². The standard InChI is InChI=1S/C22H30NOP/c1-18-10-9-11-19(2)22(18)23-21(24)17-25(14-7-4-8-15-25)16-20-12-5-3-6-13-20/h3,5-6,9-13,25H,4,7-8,14-17H2,1-2H3,(H,23,24). The van der Waals surface area contributed by atoms with Gasteiger partial charge < -0.3 is 0 Å². The molecule has 1 fully saturated rings. The number of nitrogens with one attached hydrogen (secondary N) is 1. The molecule has 1 amide bonds. The number of para-hydroxylation sites is 1. The monoisotopic (exact) mass is 355 g/mol. The van der Waals surface area contributed by atoms with Gasteiger partial charge in [0.05, 0.1) is 0 Å². The van der Waals surface area contributed by atoms with Crippen LogP contribution in [0.2, 0.25) is 0 Å². The fourth-order valence-corrected chi connectivity index (χ4v) is 9.24. The molecule has 0 spiro atoms. The van der Waals surface area contributed by atoms with Crippen LogP contribution in [0.15, 0.2) is 48.5 Å². The van der Waals surface area contributed by atoms with Gasteiger partial charge in [-0.25, -0.2) is 0 Å². The first-order valence-corrected chi connectivity index (χ1v) is 12.3. The number of aryl methyl sites for hydroxylation is 2. The molecule has 3 heteroatoms. The molecule has 0 aliphatic carbocycles. The van der Waals surface area contributed by atoms with E-state index >= 15 is 0 Å². The van der Waals surface area contributed by atoms with Gasteiger partial charge in [0.2, 0.25) is 0 Å². The molecule has 2 nitrogen and oxygen atoms in total. The second-order valence-corrected chi connectivity index (χ2v) is 12.4. The predicted molar refractivity (Wildman–Crippen MR) is 111 cm³/mol. The normalized spacial score (nSPS) is 17.7. The first-order chi connectivity index (χ1) is 12.1. The summed E-state index contributed by atoms with van der Waals surface area (Å²) < 4.78 is 0. The maximum atomic E-state index is 12.9. The van der Waals surface area contributed by atoms with Crippen LogP contribution >= 0.6 is 7.26 Å². The number of hydrogen-bond donors (Lipinski definition) is 1. The van der Waals surface area contributed by atoms with Gasteiger partial charge in [-0.15, -0.1) is 0 Å². The summed E-state index contributed by atoms with van der Waals surface area (Å²) in [4.78, 5) is 12.9. The molecule has 0 aromatic heterocycles. The maximum absolute atomic E-state index is 12.9. The molecule has 1 aliphatic heterocycles. The van der Waals surface area contributed by atoms with Crippen molar-refractivity contribution in [1.82, 2.24) is 0 Å². The molecular weight excluding hydrogens is 325 g/mol. The minimum absolute atomic E-state index is 0.224. The van der Waals surface area contributed by atoms with Crippen LogP contribution in [0, 0.1) is 13.8 Å². The van der Waals surface area contributed by atoms with Crippen molar-refractivity contribution >= 4 is 18.9 Å². The van der Waals surface area contributed by atoms with Crippen LogP contribution in [-0.4, -0.2) is 24.4 Å². The number of anilines is 1. The van der Waals surface area contributed by atoms with Crippen LogP contribution in [0.5, 0.6) is 0 Å². The van der Waals surface area contributed by atoms with Gasteiger partial charge in [0, 0.05) is 0 Å². The molecule has 0 saturated carbocycles. The number of benzene rings is 2. The van der Waals surface area contributed by atoms with E-state index < -0.39 is 7.26 Å². The Morgan fingerprint density at radius 2 is 1.56 bits per heavy atom. The first kappa shape index (κ1) is 18.1. The predicted octanol–water partition coefficient (Wildman–Crippen LogP) is 5.38. The Bertz CT molecular complexity index is 700. The Kier molecular flexibility index (Phi) is 5.91. The summed E-state index contributed by atoms with van der Waals surface area (Å²) in [6.45, 7) is 4.14. The van der Waals surface area contributed by atoms with Gasteiger partial charge in [-0.05, 0) is 0 Å². The molecule has 3 rings (SSSR count). The van der Waals surface area contributed by atoms with Gasteiger partial charge in [0.1, 0.15) is 0 Å². The van der Waals surface area contributed by atoms with Crippen molar-refractivity contribution in [2.45, 2.75) is 39.3 Å². The molecule has 0 atom stereocenters. The van der Waals surface area contributed by atoms with Crippen LogP contribution in [0.25, 0.3) is 0 Å². The Morgan fingerprint density at radius 1 is 0.920 bits per heavy atom. The second kappa shape index (κ2) is 8.15. The van der Waals surface area contributed by atoms with E-state index in [1.807, 2.05) is 6.07 Å². The summed E-state index contributed by atoms with van der Waals surface area (Å²) in [6, 6.07) is 17.0. The number of carbonyl (C=O) groups is 1. The van der Waals surface area contributed by atoms with Gasteiger partial charge in [-0.3, -0.25) is 0 Å². The average Bonchev–Trinajstić information content (AvgIpc) is 2.60. The summed E-state index contributed by atoms with van der Waals surface area (Å²) in [5.74, 6) is 0.224. The van der Waals surface area contributed by atoms with E-state index in [2.05, 4.69) is 61.6 Å². The average molecular weight is 355 g/mol. The van der Waals surface area contributed by atoms with E-state index in [0.29, 0.717) is 0 Å². The number of rotatable bonds is 5. The molecule has 0 unspecified atom stereocenters. The van der Waals surface area contributed by atoms with Crippen LogP contribution in [0.3, 0.4) is 0 Å². The zero-order valence-electron chi connectivity index (χ0n) is 15.5.